The van der Waals surface area contributed by atoms with Gasteiger partial charge in [-0.1, -0.05) is 11.6 Å². The van der Waals surface area contributed by atoms with E-state index in [-0.39, 0.29) is 0 Å². The van der Waals surface area contributed by atoms with E-state index in [2.05, 4.69) is 24.8 Å². The summed E-state index contributed by atoms with van der Waals surface area (Å²) in [6.45, 7) is 5.26. The highest BCUT2D eigenvalue weighted by molar-refractivity contribution is 6.33. The number of nitriles is 1. The molecule has 7 heteroatoms. The standard InChI is InChI=1S/C15H15ClN6/c1-11-6-14(20-10-19-11)21-2-4-22(5-3-21)15-13(16)7-12(8-17)9-18-15/h6-7,9-10H,2-5H2,1H3. The van der Waals surface area contributed by atoms with Gasteiger partial charge in [0.1, 0.15) is 24.0 Å². The monoisotopic (exact) mass is 314 g/mol. The van der Waals surface area contributed by atoms with E-state index in [0.29, 0.717) is 10.6 Å². The average Bonchev–Trinajstić information content (AvgIpc) is 2.55. The lowest BCUT2D eigenvalue weighted by Gasteiger charge is -2.36. The molecule has 1 aliphatic rings. The number of aryl methyl sites for hydroxylation is 1. The van der Waals surface area contributed by atoms with Gasteiger partial charge in [0.25, 0.3) is 0 Å². The first-order valence-electron chi connectivity index (χ1n) is 7.01. The van der Waals surface area contributed by atoms with Crippen molar-refractivity contribution in [3.63, 3.8) is 0 Å². The Hall–Kier alpha value is -2.39. The maximum absolute atomic E-state index is 8.87. The lowest BCUT2D eigenvalue weighted by Crippen LogP contribution is -2.47. The molecule has 0 unspecified atom stereocenters. The van der Waals surface area contributed by atoms with Crippen LogP contribution in [0.15, 0.2) is 24.7 Å². The van der Waals surface area contributed by atoms with Gasteiger partial charge in [-0.2, -0.15) is 5.26 Å². The second-order valence-electron chi connectivity index (χ2n) is 5.13. The van der Waals surface area contributed by atoms with Crippen molar-refractivity contribution in [3.05, 3.63) is 40.9 Å². The lowest BCUT2D eigenvalue weighted by molar-refractivity contribution is 0.640. The van der Waals surface area contributed by atoms with Gasteiger partial charge in [-0.05, 0) is 13.0 Å². The molecule has 3 rings (SSSR count). The Labute approximate surface area is 134 Å². The molecule has 6 nitrogen and oxygen atoms in total. The minimum absolute atomic E-state index is 0.476. The van der Waals surface area contributed by atoms with Crippen molar-refractivity contribution in [1.82, 2.24) is 15.0 Å². The van der Waals surface area contributed by atoms with Crippen LogP contribution in [0.1, 0.15) is 11.3 Å². The molecule has 0 saturated carbocycles. The fraction of sp³-hybridized carbons (Fsp3) is 0.333. The van der Waals surface area contributed by atoms with E-state index in [0.717, 1.165) is 43.5 Å². The van der Waals surface area contributed by atoms with E-state index in [4.69, 9.17) is 16.9 Å². The number of hydrogen-bond donors (Lipinski definition) is 0. The molecule has 1 fully saturated rings. The van der Waals surface area contributed by atoms with Crippen molar-refractivity contribution < 1.29 is 0 Å². The van der Waals surface area contributed by atoms with Gasteiger partial charge >= 0.3 is 0 Å². The molecular weight excluding hydrogens is 300 g/mol. The number of aromatic nitrogens is 3. The van der Waals surface area contributed by atoms with Crippen molar-refractivity contribution >= 4 is 23.2 Å². The molecule has 1 aliphatic heterocycles. The Morgan fingerprint density at radius 2 is 1.82 bits per heavy atom. The molecule has 22 heavy (non-hydrogen) atoms. The predicted molar refractivity (Wildman–Crippen MR) is 85.2 cm³/mol. The molecule has 0 radical (unpaired) electrons. The lowest BCUT2D eigenvalue weighted by atomic mass is 10.2. The number of piperazine rings is 1. The molecule has 1 saturated heterocycles. The minimum Gasteiger partial charge on any atom is -0.353 e. The van der Waals surface area contributed by atoms with Gasteiger partial charge in [0.15, 0.2) is 0 Å². The highest BCUT2D eigenvalue weighted by Crippen LogP contribution is 2.25. The van der Waals surface area contributed by atoms with Crippen LogP contribution in [0.2, 0.25) is 5.02 Å². The van der Waals surface area contributed by atoms with Crippen molar-refractivity contribution in [2.45, 2.75) is 6.92 Å². The number of nitrogens with zero attached hydrogens (tertiary/aromatic N) is 6. The first kappa shape index (κ1) is 14.5. The van der Waals surface area contributed by atoms with Gasteiger partial charge in [0, 0.05) is 44.1 Å². The summed E-state index contributed by atoms with van der Waals surface area (Å²) in [7, 11) is 0. The zero-order chi connectivity index (χ0) is 15.5. The number of rotatable bonds is 2. The Kier molecular flexibility index (Phi) is 4.07. The second kappa shape index (κ2) is 6.16. The summed E-state index contributed by atoms with van der Waals surface area (Å²) in [4.78, 5) is 17.1. The molecular formula is C15H15ClN6. The van der Waals surface area contributed by atoms with Gasteiger partial charge in [0.05, 0.1) is 10.6 Å². The van der Waals surface area contributed by atoms with Gasteiger partial charge in [0.2, 0.25) is 0 Å². The smallest absolute Gasteiger partial charge is 0.147 e. The quantitative estimate of drug-likeness (QED) is 0.845. The van der Waals surface area contributed by atoms with E-state index < -0.39 is 0 Å². The summed E-state index contributed by atoms with van der Waals surface area (Å²) >= 11 is 6.23. The van der Waals surface area contributed by atoms with Crippen LogP contribution in [0, 0.1) is 18.3 Å². The first-order chi connectivity index (χ1) is 10.7. The first-order valence-corrected chi connectivity index (χ1v) is 7.39. The molecule has 112 valence electrons. The molecule has 0 amide bonds. The van der Waals surface area contributed by atoms with Crippen molar-refractivity contribution in [1.29, 1.82) is 5.26 Å². The van der Waals surface area contributed by atoms with Crippen LogP contribution in [0.5, 0.6) is 0 Å². The third kappa shape index (κ3) is 2.95. The number of halogens is 1. The third-order valence-corrected chi connectivity index (χ3v) is 3.92. The molecule has 0 bridgehead atoms. The van der Waals surface area contributed by atoms with Crippen molar-refractivity contribution in [2.75, 3.05) is 36.0 Å². The van der Waals surface area contributed by atoms with Gasteiger partial charge < -0.3 is 9.80 Å². The maximum atomic E-state index is 8.87. The normalized spacial score (nSPS) is 14.8. The minimum atomic E-state index is 0.476. The fourth-order valence-corrected chi connectivity index (χ4v) is 2.77. The highest BCUT2D eigenvalue weighted by atomic mass is 35.5. The van der Waals surface area contributed by atoms with Crippen LogP contribution < -0.4 is 9.80 Å². The largest absolute Gasteiger partial charge is 0.353 e. The van der Waals surface area contributed by atoms with Crippen molar-refractivity contribution in [2.24, 2.45) is 0 Å². The molecule has 0 spiro atoms. The van der Waals surface area contributed by atoms with Crippen LogP contribution in [-0.2, 0) is 0 Å². The summed E-state index contributed by atoms with van der Waals surface area (Å²) in [5, 5.41) is 9.38. The van der Waals surface area contributed by atoms with Crippen LogP contribution in [0.4, 0.5) is 11.6 Å². The summed E-state index contributed by atoms with van der Waals surface area (Å²) in [6, 6.07) is 5.69. The summed E-state index contributed by atoms with van der Waals surface area (Å²) < 4.78 is 0. The fourth-order valence-electron chi connectivity index (χ4n) is 2.49. The van der Waals surface area contributed by atoms with Crippen LogP contribution in [-0.4, -0.2) is 41.1 Å². The summed E-state index contributed by atoms with van der Waals surface area (Å²) in [6.07, 6.45) is 3.15. The molecule has 0 aliphatic carbocycles. The van der Waals surface area contributed by atoms with Crippen molar-refractivity contribution in [3.8, 4) is 6.07 Å². The van der Waals surface area contributed by atoms with Gasteiger partial charge in [-0.25, -0.2) is 15.0 Å². The van der Waals surface area contributed by atoms with E-state index >= 15 is 0 Å². The average molecular weight is 315 g/mol. The highest BCUT2D eigenvalue weighted by Gasteiger charge is 2.21. The van der Waals surface area contributed by atoms with E-state index in [9.17, 15) is 0 Å². The number of hydrogen-bond acceptors (Lipinski definition) is 6. The Morgan fingerprint density at radius 3 is 2.45 bits per heavy atom. The Bertz CT molecular complexity index is 718. The summed E-state index contributed by atoms with van der Waals surface area (Å²) in [5.74, 6) is 1.69. The predicted octanol–water partition coefficient (Wildman–Crippen LogP) is 2.03. The molecule has 2 aromatic heterocycles. The maximum Gasteiger partial charge on any atom is 0.147 e. The summed E-state index contributed by atoms with van der Waals surface area (Å²) in [5.41, 5.74) is 1.44. The molecule has 2 aromatic rings. The van der Waals surface area contributed by atoms with E-state index in [1.807, 2.05) is 19.1 Å². The Balaban J connectivity index is 1.71. The van der Waals surface area contributed by atoms with E-state index in [1.165, 1.54) is 0 Å². The Morgan fingerprint density at radius 1 is 1.09 bits per heavy atom. The second-order valence-corrected chi connectivity index (χ2v) is 5.54. The molecule has 0 N–H and O–H groups in total. The zero-order valence-corrected chi connectivity index (χ0v) is 13.0. The zero-order valence-electron chi connectivity index (χ0n) is 12.2. The van der Waals surface area contributed by atoms with Crippen LogP contribution in [0.3, 0.4) is 0 Å². The van der Waals surface area contributed by atoms with E-state index in [1.54, 1.807) is 18.6 Å². The SMILES string of the molecule is Cc1cc(N2CCN(c3ncc(C#N)cc3Cl)CC2)ncn1. The molecule has 0 atom stereocenters. The van der Waals surface area contributed by atoms with Gasteiger partial charge in [-0.3, -0.25) is 0 Å². The van der Waals surface area contributed by atoms with Crippen LogP contribution in [0.25, 0.3) is 0 Å². The van der Waals surface area contributed by atoms with Gasteiger partial charge in [-0.15, -0.1) is 0 Å². The number of anilines is 2. The topological polar surface area (TPSA) is 68.9 Å². The molecule has 0 aromatic carbocycles. The van der Waals surface area contributed by atoms with Crippen LogP contribution >= 0.6 is 11.6 Å². The molecule has 3 heterocycles. The number of pyridine rings is 1. The third-order valence-electron chi connectivity index (χ3n) is 3.64.